The molecule has 2 aromatic carbocycles. The molecule has 1 heterocycles. The van der Waals surface area contributed by atoms with Crippen molar-refractivity contribution in [1.29, 1.82) is 0 Å². The van der Waals surface area contributed by atoms with Crippen molar-refractivity contribution in [2.45, 2.75) is 18.9 Å². The van der Waals surface area contributed by atoms with Gasteiger partial charge in [0.2, 0.25) is 0 Å². The molecule has 9 nitrogen and oxygen atoms in total. The second-order valence-electron chi connectivity index (χ2n) is 6.26. The minimum absolute atomic E-state index is 0.0420. The molecule has 1 fully saturated rings. The molecule has 3 rings (SSSR count). The number of methoxy groups -OCH3 is 1. The van der Waals surface area contributed by atoms with Crippen molar-refractivity contribution < 1.29 is 28.8 Å². The standard InChI is InChI=1S/C20H19N3O6/c1-28-15-11-13(7-8-14(15)12-5-3-2-4-6-12)18(22-20(21)27)19(26)29-23-16(24)9-10-17(23)25/h2-8,11,18H,9-10H2,1H3,(H3,21,22,27). The smallest absolute Gasteiger partial charge is 0.359 e. The molecular formula is C20H19N3O6. The predicted octanol–water partition coefficient (Wildman–Crippen LogP) is 1.68. The number of carbonyl (C=O) groups excluding carboxylic acids is 4. The molecule has 0 bridgehead atoms. The van der Waals surface area contributed by atoms with E-state index in [0.29, 0.717) is 16.4 Å². The van der Waals surface area contributed by atoms with Gasteiger partial charge in [-0.15, -0.1) is 5.06 Å². The Morgan fingerprint density at radius 3 is 2.31 bits per heavy atom. The predicted molar refractivity (Wildman–Crippen MR) is 101 cm³/mol. The number of hydrogen-bond donors (Lipinski definition) is 2. The summed E-state index contributed by atoms with van der Waals surface area (Å²) in [4.78, 5) is 52.3. The van der Waals surface area contributed by atoms with Crippen LogP contribution in [0.4, 0.5) is 4.79 Å². The Labute approximate surface area is 166 Å². The van der Waals surface area contributed by atoms with Gasteiger partial charge in [0.1, 0.15) is 5.75 Å². The van der Waals surface area contributed by atoms with Gasteiger partial charge in [-0.05, 0) is 17.2 Å². The molecule has 3 N–H and O–H groups in total. The van der Waals surface area contributed by atoms with E-state index in [0.717, 1.165) is 11.1 Å². The first kappa shape index (κ1) is 19.9. The Kier molecular flexibility index (Phi) is 5.77. The van der Waals surface area contributed by atoms with Gasteiger partial charge < -0.3 is 20.6 Å². The number of rotatable bonds is 6. The van der Waals surface area contributed by atoms with E-state index in [1.54, 1.807) is 18.2 Å². The minimum atomic E-state index is -1.34. The van der Waals surface area contributed by atoms with Crippen molar-refractivity contribution in [3.8, 4) is 16.9 Å². The summed E-state index contributed by atoms with van der Waals surface area (Å²) < 4.78 is 5.43. The number of carbonyl (C=O) groups is 4. The molecule has 0 aromatic heterocycles. The number of nitrogens with two attached hydrogens (primary N) is 1. The topological polar surface area (TPSA) is 128 Å². The number of urea groups is 1. The lowest BCUT2D eigenvalue weighted by atomic mass is 9.99. The van der Waals surface area contributed by atoms with E-state index in [4.69, 9.17) is 15.3 Å². The van der Waals surface area contributed by atoms with Crippen LogP contribution in [-0.4, -0.2) is 36.0 Å². The first-order valence-electron chi connectivity index (χ1n) is 8.77. The SMILES string of the molecule is COc1cc(C(NC(N)=O)C(=O)ON2C(=O)CCC2=O)ccc1-c1ccccc1. The Morgan fingerprint density at radius 2 is 1.72 bits per heavy atom. The first-order valence-corrected chi connectivity index (χ1v) is 8.77. The van der Waals surface area contributed by atoms with Gasteiger partial charge in [0.25, 0.3) is 11.8 Å². The molecule has 1 atom stereocenters. The van der Waals surface area contributed by atoms with Gasteiger partial charge in [0, 0.05) is 18.4 Å². The third-order valence-electron chi connectivity index (χ3n) is 4.35. The summed E-state index contributed by atoms with van der Waals surface area (Å²) in [5.74, 6) is -1.83. The number of benzene rings is 2. The monoisotopic (exact) mass is 397 g/mol. The normalized spacial score (nSPS) is 14.4. The number of hydrogen-bond acceptors (Lipinski definition) is 6. The molecule has 0 aliphatic carbocycles. The van der Waals surface area contributed by atoms with E-state index in [1.807, 2.05) is 30.3 Å². The van der Waals surface area contributed by atoms with Crippen LogP contribution >= 0.6 is 0 Å². The fraction of sp³-hybridized carbons (Fsp3) is 0.200. The summed E-state index contributed by atoms with van der Waals surface area (Å²) in [6.07, 6.45) is -0.0841. The van der Waals surface area contributed by atoms with Crippen LogP contribution in [0.15, 0.2) is 48.5 Å². The summed E-state index contributed by atoms with van der Waals surface area (Å²) in [7, 11) is 1.47. The van der Waals surface area contributed by atoms with E-state index in [1.165, 1.54) is 7.11 Å². The highest BCUT2D eigenvalue weighted by molar-refractivity contribution is 6.02. The van der Waals surface area contributed by atoms with Crippen molar-refractivity contribution >= 4 is 23.8 Å². The molecule has 4 amide bonds. The van der Waals surface area contributed by atoms with Gasteiger partial charge in [-0.2, -0.15) is 0 Å². The van der Waals surface area contributed by atoms with Crippen molar-refractivity contribution in [1.82, 2.24) is 10.4 Å². The van der Waals surface area contributed by atoms with Gasteiger partial charge in [-0.25, -0.2) is 9.59 Å². The van der Waals surface area contributed by atoms with Crippen molar-refractivity contribution in [2.75, 3.05) is 7.11 Å². The molecule has 1 unspecified atom stereocenters. The van der Waals surface area contributed by atoms with Crippen molar-refractivity contribution in [3.63, 3.8) is 0 Å². The van der Waals surface area contributed by atoms with E-state index in [9.17, 15) is 19.2 Å². The summed E-state index contributed by atoms with van der Waals surface area (Å²) in [5, 5.41) is 2.68. The van der Waals surface area contributed by atoms with Crippen molar-refractivity contribution in [3.05, 3.63) is 54.1 Å². The minimum Gasteiger partial charge on any atom is -0.496 e. The fourth-order valence-electron chi connectivity index (χ4n) is 2.96. The van der Waals surface area contributed by atoms with Crippen LogP contribution < -0.4 is 15.8 Å². The number of ether oxygens (including phenoxy) is 1. The second kappa shape index (κ2) is 8.42. The highest BCUT2D eigenvalue weighted by Gasteiger charge is 2.36. The summed E-state index contributed by atoms with van der Waals surface area (Å²) >= 11 is 0. The largest absolute Gasteiger partial charge is 0.496 e. The zero-order valence-electron chi connectivity index (χ0n) is 15.6. The maximum absolute atomic E-state index is 12.6. The van der Waals surface area contributed by atoms with Gasteiger partial charge >= 0.3 is 12.0 Å². The zero-order valence-corrected chi connectivity index (χ0v) is 15.6. The van der Waals surface area contributed by atoms with Crippen LogP contribution in [0.25, 0.3) is 11.1 Å². The highest BCUT2D eigenvalue weighted by atomic mass is 16.7. The third-order valence-corrected chi connectivity index (χ3v) is 4.35. The maximum Gasteiger partial charge on any atom is 0.359 e. The number of hydroxylamine groups is 2. The lowest BCUT2D eigenvalue weighted by molar-refractivity contribution is -0.199. The van der Waals surface area contributed by atoms with Crippen LogP contribution in [0.2, 0.25) is 0 Å². The van der Waals surface area contributed by atoms with Crippen LogP contribution in [0.1, 0.15) is 24.4 Å². The molecule has 2 aromatic rings. The highest BCUT2D eigenvalue weighted by Crippen LogP contribution is 2.33. The van der Waals surface area contributed by atoms with E-state index in [2.05, 4.69) is 5.32 Å². The molecule has 150 valence electrons. The van der Waals surface area contributed by atoms with Crippen LogP contribution in [0.5, 0.6) is 5.75 Å². The molecule has 29 heavy (non-hydrogen) atoms. The van der Waals surface area contributed by atoms with Gasteiger partial charge in [0.05, 0.1) is 7.11 Å². The number of nitrogens with one attached hydrogen (secondary N) is 1. The fourth-order valence-corrected chi connectivity index (χ4v) is 2.96. The number of nitrogens with zero attached hydrogens (tertiary/aromatic N) is 1. The molecule has 0 spiro atoms. The molecule has 0 saturated carbocycles. The number of primary amides is 1. The quantitative estimate of drug-likeness (QED) is 0.714. The number of imide groups is 1. The Balaban J connectivity index is 1.92. The molecule has 9 heteroatoms. The Morgan fingerprint density at radius 1 is 1.07 bits per heavy atom. The van der Waals surface area contributed by atoms with Gasteiger partial charge in [0.15, 0.2) is 6.04 Å². The zero-order chi connectivity index (χ0) is 21.0. The van der Waals surface area contributed by atoms with Crippen LogP contribution in [0, 0.1) is 0 Å². The molecular weight excluding hydrogens is 378 g/mol. The molecule has 1 aliphatic heterocycles. The average molecular weight is 397 g/mol. The number of amides is 4. The molecule has 0 radical (unpaired) electrons. The molecule has 1 saturated heterocycles. The third kappa shape index (κ3) is 4.34. The van der Waals surface area contributed by atoms with Gasteiger partial charge in [-0.3, -0.25) is 9.59 Å². The lowest BCUT2D eigenvalue weighted by Crippen LogP contribution is -2.42. The van der Waals surface area contributed by atoms with E-state index in [-0.39, 0.29) is 12.8 Å². The average Bonchev–Trinajstić information content (AvgIpc) is 3.04. The second-order valence-corrected chi connectivity index (χ2v) is 6.26. The van der Waals surface area contributed by atoms with Crippen molar-refractivity contribution in [2.24, 2.45) is 5.73 Å². The summed E-state index contributed by atoms with van der Waals surface area (Å²) in [6, 6.07) is 12.0. The summed E-state index contributed by atoms with van der Waals surface area (Å²) in [5.41, 5.74) is 7.16. The van der Waals surface area contributed by atoms with E-state index < -0.39 is 29.9 Å². The Hall–Kier alpha value is -3.88. The Bertz CT molecular complexity index is 944. The first-order chi connectivity index (χ1) is 13.9. The summed E-state index contributed by atoms with van der Waals surface area (Å²) in [6.45, 7) is 0. The molecule has 1 aliphatic rings. The van der Waals surface area contributed by atoms with E-state index >= 15 is 0 Å². The lowest BCUT2D eigenvalue weighted by Gasteiger charge is -2.20. The van der Waals surface area contributed by atoms with Gasteiger partial charge in [-0.1, -0.05) is 42.5 Å². The maximum atomic E-state index is 12.6. The van der Waals surface area contributed by atoms with Crippen LogP contribution in [-0.2, 0) is 19.2 Å². The van der Waals surface area contributed by atoms with Crippen LogP contribution in [0.3, 0.4) is 0 Å².